The highest BCUT2D eigenvalue weighted by atomic mass is 16.4. The van der Waals surface area contributed by atoms with Crippen molar-refractivity contribution >= 4 is 28.6 Å². The van der Waals surface area contributed by atoms with Crippen molar-refractivity contribution in [2.45, 2.75) is 12.8 Å². The number of hydrogen-bond donors (Lipinski definition) is 3. The summed E-state index contributed by atoms with van der Waals surface area (Å²) in [6.07, 6.45) is -0.184. The number of carbonyl (C=O) groups excluding carboxylic acids is 1. The third-order valence-electron chi connectivity index (χ3n) is 2.37. The maximum atomic E-state index is 11.4. The van der Waals surface area contributed by atoms with Crippen LogP contribution in [0.15, 0.2) is 30.3 Å². The summed E-state index contributed by atoms with van der Waals surface area (Å²) in [5.41, 5.74) is 0.932. The SMILES string of the molecule is O=C(O)CCC(=O)Nc1cc2ccccc2[nH]1. The van der Waals surface area contributed by atoms with Crippen molar-refractivity contribution in [3.05, 3.63) is 30.3 Å². The molecular weight excluding hydrogens is 220 g/mol. The molecule has 1 amide bonds. The number of benzene rings is 1. The summed E-state index contributed by atoms with van der Waals surface area (Å²) in [7, 11) is 0. The number of nitrogens with one attached hydrogen (secondary N) is 2. The molecule has 3 N–H and O–H groups in total. The second-order valence-electron chi connectivity index (χ2n) is 3.71. The van der Waals surface area contributed by atoms with Gasteiger partial charge in [0.2, 0.25) is 5.91 Å². The van der Waals surface area contributed by atoms with Gasteiger partial charge in [-0.15, -0.1) is 0 Å². The topological polar surface area (TPSA) is 82.2 Å². The van der Waals surface area contributed by atoms with Crippen LogP contribution in [0, 0.1) is 0 Å². The van der Waals surface area contributed by atoms with Crippen molar-refractivity contribution < 1.29 is 14.7 Å². The molecule has 17 heavy (non-hydrogen) atoms. The Labute approximate surface area is 97.4 Å². The number of carbonyl (C=O) groups is 2. The van der Waals surface area contributed by atoms with Crippen molar-refractivity contribution in [1.29, 1.82) is 0 Å². The number of rotatable bonds is 4. The van der Waals surface area contributed by atoms with Gasteiger partial charge in [0.1, 0.15) is 5.82 Å². The fraction of sp³-hybridized carbons (Fsp3) is 0.167. The fourth-order valence-electron chi connectivity index (χ4n) is 1.57. The molecular formula is C12H12N2O3. The standard InChI is InChI=1S/C12H12N2O3/c15-11(5-6-12(16)17)14-10-7-8-3-1-2-4-9(8)13-10/h1-4,7,13H,5-6H2,(H,14,15)(H,16,17). The van der Waals surface area contributed by atoms with E-state index in [1.165, 1.54) is 0 Å². The van der Waals surface area contributed by atoms with E-state index in [9.17, 15) is 9.59 Å². The normalized spacial score (nSPS) is 10.4. The van der Waals surface area contributed by atoms with Gasteiger partial charge in [0, 0.05) is 17.3 Å². The number of anilines is 1. The van der Waals surface area contributed by atoms with Crippen LogP contribution in [0.25, 0.3) is 10.9 Å². The van der Waals surface area contributed by atoms with Crippen LogP contribution in [0.4, 0.5) is 5.82 Å². The summed E-state index contributed by atoms with van der Waals surface area (Å²) in [4.78, 5) is 24.7. The predicted octanol–water partition coefficient (Wildman–Crippen LogP) is 1.97. The second-order valence-corrected chi connectivity index (χ2v) is 3.71. The number of hydrogen-bond acceptors (Lipinski definition) is 2. The summed E-state index contributed by atoms with van der Waals surface area (Å²) in [6.45, 7) is 0. The van der Waals surface area contributed by atoms with Crippen molar-refractivity contribution in [1.82, 2.24) is 4.98 Å². The summed E-state index contributed by atoms with van der Waals surface area (Å²) in [6, 6.07) is 9.45. The Morgan fingerprint density at radius 3 is 2.71 bits per heavy atom. The molecule has 5 heteroatoms. The number of carboxylic acid groups (broad SMARTS) is 1. The zero-order valence-electron chi connectivity index (χ0n) is 9.06. The van der Waals surface area contributed by atoms with Gasteiger partial charge in [0.05, 0.1) is 6.42 Å². The van der Waals surface area contributed by atoms with E-state index >= 15 is 0 Å². The van der Waals surface area contributed by atoms with Gasteiger partial charge in [-0.25, -0.2) is 0 Å². The minimum atomic E-state index is -0.975. The van der Waals surface area contributed by atoms with Gasteiger partial charge in [0.15, 0.2) is 0 Å². The second kappa shape index (κ2) is 4.69. The van der Waals surface area contributed by atoms with Crippen molar-refractivity contribution in [3.63, 3.8) is 0 Å². The lowest BCUT2D eigenvalue weighted by atomic mass is 10.2. The Bertz CT molecular complexity index is 527. The molecule has 1 aromatic carbocycles. The molecule has 0 radical (unpaired) electrons. The monoisotopic (exact) mass is 232 g/mol. The molecule has 88 valence electrons. The van der Waals surface area contributed by atoms with Crippen LogP contribution in [0.3, 0.4) is 0 Å². The van der Waals surface area contributed by atoms with Crippen LogP contribution in [0.1, 0.15) is 12.8 Å². The number of H-pyrrole nitrogens is 1. The lowest BCUT2D eigenvalue weighted by Gasteiger charge is -2.00. The summed E-state index contributed by atoms with van der Waals surface area (Å²) < 4.78 is 0. The van der Waals surface area contributed by atoms with E-state index in [-0.39, 0.29) is 18.7 Å². The Kier molecular flexibility index (Phi) is 3.09. The van der Waals surface area contributed by atoms with Gasteiger partial charge in [-0.3, -0.25) is 9.59 Å². The first-order valence-corrected chi connectivity index (χ1v) is 5.24. The maximum absolute atomic E-state index is 11.4. The molecule has 0 bridgehead atoms. The molecule has 2 aromatic rings. The summed E-state index contributed by atoms with van der Waals surface area (Å²) in [5, 5.41) is 12.1. The first-order chi connectivity index (χ1) is 8.15. The third kappa shape index (κ3) is 2.84. The molecule has 0 unspecified atom stereocenters. The first kappa shape index (κ1) is 11.2. The highest BCUT2D eigenvalue weighted by Crippen LogP contribution is 2.18. The average Bonchev–Trinajstić information content (AvgIpc) is 2.68. The Morgan fingerprint density at radius 1 is 1.24 bits per heavy atom. The molecule has 0 saturated carbocycles. The Balaban J connectivity index is 2.03. The number of carboxylic acids is 1. The van der Waals surface area contributed by atoms with Gasteiger partial charge in [-0.05, 0) is 12.1 Å². The highest BCUT2D eigenvalue weighted by Gasteiger charge is 2.07. The van der Waals surface area contributed by atoms with Crippen LogP contribution in [-0.2, 0) is 9.59 Å². The zero-order chi connectivity index (χ0) is 12.3. The van der Waals surface area contributed by atoms with Crippen LogP contribution in [0.5, 0.6) is 0 Å². The molecule has 0 saturated heterocycles. The number of aliphatic carboxylic acids is 1. The van der Waals surface area contributed by atoms with E-state index in [1.54, 1.807) is 0 Å². The molecule has 2 rings (SSSR count). The predicted molar refractivity (Wildman–Crippen MR) is 63.8 cm³/mol. The summed E-state index contributed by atoms with van der Waals surface area (Å²) >= 11 is 0. The molecule has 0 atom stereocenters. The van der Waals surface area contributed by atoms with E-state index in [1.807, 2.05) is 30.3 Å². The zero-order valence-corrected chi connectivity index (χ0v) is 9.06. The first-order valence-electron chi connectivity index (χ1n) is 5.24. The maximum Gasteiger partial charge on any atom is 0.303 e. The molecule has 0 spiro atoms. The van der Waals surface area contributed by atoms with E-state index in [0.717, 1.165) is 10.9 Å². The number of amides is 1. The Morgan fingerprint density at radius 2 is 2.00 bits per heavy atom. The van der Waals surface area contributed by atoms with Crippen molar-refractivity contribution in [2.24, 2.45) is 0 Å². The quantitative estimate of drug-likeness (QED) is 0.753. The number of aromatic amines is 1. The van der Waals surface area contributed by atoms with Crippen LogP contribution >= 0.6 is 0 Å². The van der Waals surface area contributed by atoms with E-state index in [2.05, 4.69) is 10.3 Å². The fourth-order valence-corrected chi connectivity index (χ4v) is 1.57. The molecule has 0 aliphatic rings. The van der Waals surface area contributed by atoms with Gasteiger partial charge < -0.3 is 15.4 Å². The van der Waals surface area contributed by atoms with Crippen LogP contribution < -0.4 is 5.32 Å². The summed E-state index contributed by atoms with van der Waals surface area (Å²) in [5.74, 6) is -0.697. The van der Waals surface area contributed by atoms with Gasteiger partial charge >= 0.3 is 5.97 Å². The van der Waals surface area contributed by atoms with E-state index < -0.39 is 5.97 Å². The molecule has 0 fully saturated rings. The van der Waals surface area contributed by atoms with Crippen molar-refractivity contribution in [3.8, 4) is 0 Å². The molecule has 1 heterocycles. The van der Waals surface area contributed by atoms with Crippen molar-refractivity contribution in [2.75, 3.05) is 5.32 Å². The lowest BCUT2D eigenvalue weighted by molar-refractivity contribution is -0.138. The highest BCUT2D eigenvalue weighted by molar-refractivity contribution is 5.94. The third-order valence-corrected chi connectivity index (χ3v) is 2.37. The number of fused-ring (bicyclic) bond motifs is 1. The molecule has 1 aromatic heterocycles. The van der Waals surface area contributed by atoms with Gasteiger partial charge in [-0.2, -0.15) is 0 Å². The molecule has 5 nitrogen and oxygen atoms in total. The lowest BCUT2D eigenvalue weighted by Crippen LogP contribution is -2.13. The number of para-hydroxylation sites is 1. The smallest absolute Gasteiger partial charge is 0.303 e. The number of aromatic nitrogens is 1. The van der Waals surface area contributed by atoms with Gasteiger partial charge in [0.25, 0.3) is 0 Å². The largest absolute Gasteiger partial charge is 0.481 e. The minimum absolute atomic E-state index is 0.0231. The van der Waals surface area contributed by atoms with E-state index in [4.69, 9.17) is 5.11 Å². The minimum Gasteiger partial charge on any atom is -0.481 e. The van der Waals surface area contributed by atoms with Crippen LogP contribution in [-0.4, -0.2) is 22.0 Å². The average molecular weight is 232 g/mol. The van der Waals surface area contributed by atoms with Gasteiger partial charge in [-0.1, -0.05) is 18.2 Å². The molecule has 0 aliphatic heterocycles. The Hall–Kier alpha value is -2.30. The van der Waals surface area contributed by atoms with E-state index in [0.29, 0.717) is 5.82 Å². The molecule has 0 aliphatic carbocycles. The van der Waals surface area contributed by atoms with Crippen LogP contribution in [0.2, 0.25) is 0 Å².